The van der Waals surface area contributed by atoms with Gasteiger partial charge in [-0.1, -0.05) is 50.2 Å². The van der Waals surface area contributed by atoms with Gasteiger partial charge < -0.3 is 0 Å². The molecule has 0 spiro atoms. The Hall–Kier alpha value is -2.53. The molecule has 134 valence electrons. The molecular formula is C21H22FN3S. The minimum Gasteiger partial charge on any atom is -0.258 e. The molecule has 0 radical (unpaired) electrons. The second-order valence-corrected chi connectivity index (χ2v) is 7.07. The Morgan fingerprint density at radius 1 is 1.12 bits per heavy atom. The van der Waals surface area contributed by atoms with E-state index in [1.54, 1.807) is 23.0 Å². The predicted molar refractivity (Wildman–Crippen MR) is 107 cm³/mol. The highest BCUT2D eigenvalue weighted by Crippen LogP contribution is 2.23. The van der Waals surface area contributed by atoms with Crippen LogP contribution >= 0.6 is 11.3 Å². The topological polar surface area (TPSA) is 29.6 Å². The first kappa shape index (κ1) is 18.3. The van der Waals surface area contributed by atoms with Gasteiger partial charge in [-0.15, -0.1) is 11.3 Å². The molecule has 0 aliphatic carbocycles. The maximum atomic E-state index is 14.2. The zero-order valence-corrected chi connectivity index (χ0v) is 16.0. The average Bonchev–Trinajstić information content (AvgIpc) is 3.03. The van der Waals surface area contributed by atoms with E-state index in [0.29, 0.717) is 23.7 Å². The summed E-state index contributed by atoms with van der Waals surface area (Å²) in [6.07, 6.45) is 1.79. The zero-order valence-electron chi connectivity index (χ0n) is 15.2. The number of nitrogens with zero attached hydrogens (tertiary/aromatic N) is 3. The summed E-state index contributed by atoms with van der Waals surface area (Å²) in [5, 5.41) is 6.48. The van der Waals surface area contributed by atoms with Crippen molar-refractivity contribution in [3.8, 4) is 11.3 Å². The van der Waals surface area contributed by atoms with Gasteiger partial charge in [-0.05, 0) is 36.1 Å². The Morgan fingerprint density at radius 2 is 1.85 bits per heavy atom. The molecule has 2 aromatic carbocycles. The fourth-order valence-electron chi connectivity index (χ4n) is 2.60. The number of aromatic nitrogens is 1. The lowest BCUT2D eigenvalue weighted by Gasteiger charge is -2.06. The molecule has 0 atom stereocenters. The van der Waals surface area contributed by atoms with Crippen molar-refractivity contribution in [2.24, 2.45) is 10.1 Å². The Bertz CT molecular complexity index is 965. The van der Waals surface area contributed by atoms with Crippen molar-refractivity contribution in [1.29, 1.82) is 0 Å². The monoisotopic (exact) mass is 367 g/mol. The van der Waals surface area contributed by atoms with Gasteiger partial charge in [-0.2, -0.15) is 5.10 Å². The van der Waals surface area contributed by atoms with Gasteiger partial charge in [0.15, 0.2) is 0 Å². The van der Waals surface area contributed by atoms with E-state index in [9.17, 15) is 4.39 Å². The quantitative estimate of drug-likeness (QED) is 0.549. The maximum absolute atomic E-state index is 14.2. The minimum absolute atomic E-state index is 0.265. The molecule has 0 amide bonds. The minimum atomic E-state index is -0.265. The van der Waals surface area contributed by atoms with Crippen LogP contribution in [0.5, 0.6) is 0 Å². The van der Waals surface area contributed by atoms with Crippen LogP contribution in [0, 0.1) is 5.82 Å². The Kier molecular flexibility index (Phi) is 5.78. The number of thiazole rings is 1. The first-order valence-electron chi connectivity index (χ1n) is 8.70. The fourth-order valence-corrected chi connectivity index (χ4v) is 3.49. The van der Waals surface area contributed by atoms with E-state index in [-0.39, 0.29) is 5.82 Å². The molecule has 0 N–H and O–H groups in total. The molecule has 0 saturated heterocycles. The van der Waals surface area contributed by atoms with Gasteiger partial charge in [0.2, 0.25) is 4.80 Å². The van der Waals surface area contributed by atoms with Gasteiger partial charge in [0.05, 0.1) is 11.9 Å². The molecule has 3 rings (SSSR count). The van der Waals surface area contributed by atoms with Crippen molar-refractivity contribution in [3.63, 3.8) is 0 Å². The second kappa shape index (κ2) is 8.23. The number of rotatable bonds is 5. The van der Waals surface area contributed by atoms with Crippen LogP contribution in [-0.2, 0) is 0 Å². The summed E-state index contributed by atoms with van der Waals surface area (Å²) >= 11 is 1.46. The summed E-state index contributed by atoms with van der Waals surface area (Å²) in [5.74, 6) is 0.230. The third-order valence-corrected chi connectivity index (χ3v) is 4.91. The van der Waals surface area contributed by atoms with Crippen molar-refractivity contribution in [2.45, 2.75) is 26.7 Å². The molecule has 0 aliphatic heterocycles. The van der Waals surface area contributed by atoms with Gasteiger partial charge >= 0.3 is 0 Å². The molecule has 0 bridgehead atoms. The molecule has 26 heavy (non-hydrogen) atoms. The van der Waals surface area contributed by atoms with Gasteiger partial charge in [-0.3, -0.25) is 4.99 Å². The highest BCUT2D eigenvalue weighted by atomic mass is 32.1. The molecule has 1 heterocycles. The van der Waals surface area contributed by atoms with E-state index in [1.165, 1.54) is 23.0 Å². The van der Waals surface area contributed by atoms with Crippen LogP contribution in [0.2, 0.25) is 0 Å². The van der Waals surface area contributed by atoms with Gasteiger partial charge in [0.1, 0.15) is 5.82 Å². The third-order valence-electron chi connectivity index (χ3n) is 4.05. The van der Waals surface area contributed by atoms with Gasteiger partial charge in [0.25, 0.3) is 0 Å². The summed E-state index contributed by atoms with van der Waals surface area (Å²) < 4.78 is 16.0. The summed E-state index contributed by atoms with van der Waals surface area (Å²) in [6.45, 7) is 6.96. The smallest absolute Gasteiger partial charge is 0.206 e. The Labute approximate surface area is 157 Å². The molecule has 3 aromatic rings. The van der Waals surface area contributed by atoms with Crippen molar-refractivity contribution in [2.75, 3.05) is 6.54 Å². The highest BCUT2D eigenvalue weighted by Gasteiger charge is 2.11. The van der Waals surface area contributed by atoms with Gasteiger partial charge in [0, 0.05) is 17.5 Å². The third kappa shape index (κ3) is 3.99. The molecular weight excluding hydrogens is 345 g/mol. The highest BCUT2D eigenvalue weighted by molar-refractivity contribution is 7.07. The first-order valence-corrected chi connectivity index (χ1v) is 9.58. The SMILES string of the molecule is CCN=c1scc(-c2ccccc2F)n1/N=C\c1ccc(C(C)C)cc1. The molecule has 0 unspecified atom stereocenters. The average molecular weight is 367 g/mol. The van der Waals surface area contributed by atoms with Crippen LogP contribution in [0.4, 0.5) is 4.39 Å². The summed E-state index contributed by atoms with van der Waals surface area (Å²) in [7, 11) is 0. The molecule has 5 heteroatoms. The number of benzene rings is 2. The van der Waals surface area contributed by atoms with Crippen LogP contribution in [0.1, 0.15) is 37.8 Å². The first-order chi connectivity index (χ1) is 12.6. The molecule has 1 aromatic heterocycles. The van der Waals surface area contributed by atoms with E-state index in [4.69, 9.17) is 0 Å². The number of halogens is 1. The molecule has 0 saturated carbocycles. The van der Waals surface area contributed by atoms with Crippen LogP contribution in [-0.4, -0.2) is 17.4 Å². The largest absolute Gasteiger partial charge is 0.258 e. The lowest BCUT2D eigenvalue weighted by molar-refractivity contribution is 0.629. The van der Waals surface area contributed by atoms with Crippen LogP contribution in [0.15, 0.2) is 64.0 Å². The van der Waals surface area contributed by atoms with E-state index in [0.717, 1.165) is 10.4 Å². The van der Waals surface area contributed by atoms with Crippen molar-refractivity contribution in [3.05, 3.63) is 75.7 Å². The standard InChI is InChI=1S/C21H22FN3S/c1-4-23-21-25(20(14-26-21)18-7-5-6-8-19(18)22)24-13-16-9-11-17(12-10-16)15(2)3/h5-15H,4H2,1-3H3/b23-21?,24-13-. The van der Waals surface area contributed by atoms with Crippen molar-refractivity contribution in [1.82, 2.24) is 4.68 Å². The zero-order chi connectivity index (χ0) is 18.5. The van der Waals surface area contributed by atoms with Crippen LogP contribution < -0.4 is 4.80 Å². The maximum Gasteiger partial charge on any atom is 0.206 e. The van der Waals surface area contributed by atoms with Crippen LogP contribution in [0.3, 0.4) is 0 Å². The van der Waals surface area contributed by atoms with Gasteiger partial charge in [-0.25, -0.2) is 9.07 Å². The molecule has 0 aliphatic rings. The Morgan fingerprint density at radius 3 is 2.50 bits per heavy atom. The van der Waals surface area contributed by atoms with Crippen molar-refractivity contribution < 1.29 is 4.39 Å². The van der Waals surface area contributed by atoms with E-state index in [1.807, 2.05) is 30.5 Å². The predicted octanol–water partition coefficient (Wildman–Crippen LogP) is 5.28. The van der Waals surface area contributed by atoms with E-state index in [2.05, 4.69) is 36.1 Å². The molecule has 0 fully saturated rings. The number of hydrogen-bond donors (Lipinski definition) is 0. The summed E-state index contributed by atoms with van der Waals surface area (Å²) in [4.78, 5) is 5.23. The summed E-state index contributed by atoms with van der Waals surface area (Å²) in [5.41, 5.74) is 3.51. The van der Waals surface area contributed by atoms with E-state index >= 15 is 0 Å². The number of hydrogen-bond acceptors (Lipinski definition) is 3. The Balaban J connectivity index is 2.02. The lowest BCUT2D eigenvalue weighted by atomic mass is 10.0. The second-order valence-electron chi connectivity index (χ2n) is 6.24. The summed E-state index contributed by atoms with van der Waals surface area (Å²) in [6, 6.07) is 15.0. The molecule has 3 nitrogen and oxygen atoms in total. The van der Waals surface area contributed by atoms with Crippen molar-refractivity contribution >= 4 is 17.6 Å². The fraction of sp³-hybridized carbons (Fsp3) is 0.238. The lowest BCUT2D eigenvalue weighted by Crippen LogP contribution is -2.12. The van der Waals surface area contributed by atoms with E-state index < -0.39 is 0 Å². The normalized spacial score (nSPS) is 12.4. The van der Waals surface area contributed by atoms with Crippen LogP contribution in [0.25, 0.3) is 11.3 Å².